The second kappa shape index (κ2) is 6.47. The van der Waals surface area contributed by atoms with E-state index in [2.05, 4.69) is 20.1 Å². The van der Waals surface area contributed by atoms with Gasteiger partial charge in [-0.25, -0.2) is 13.8 Å². The average Bonchev–Trinajstić information content (AvgIpc) is 3.24. The third kappa shape index (κ3) is 2.97. The zero-order valence-corrected chi connectivity index (χ0v) is 13.8. The molecule has 4 rings (SSSR count). The number of hydrogen-bond donors (Lipinski definition) is 0. The summed E-state index contributed by atoms with van der Waals surface area (Å²) in [6.45, 7) is 0.439. The van der Waals surface area contributed by atoms with Crippen LogP contribution in [0.15, 0.2) is 55.5 Å². The van der Waals surface area contributed by atoms with Gasteiger partial charge >= 0.3 is 0 Å². The fourth-order valence-electron chi connectivity index (χ4n) is 2.79. The monoisotopic (exact) mass is 352 g/mol. The molecule has 8 heteroatoms. The summed E-state index contributed by atoms with van der Waals surface area (Å²) < 4.78 is 30.6. The van der Waals surface area contributed by atoms with Crippen LogP contribution in [0.25, 0.3) is 22.5 Å². The second-order valence-corrected chi connectivity index (χ2v) is 5.80. The third-order valence-corrected chi connectivity index (χ3v) is 3.96. The fourth-order valence-corrected chi connectivity index (χ4v) is 2.79. The van der Waals surface area contributed by atoms with Crippen molar-refractivity contribution in [2.75, 3.05) is 0 Å². The van der Waals surface area contributed by atoms with Crippen LogP contribution < -0.4 is 0 Å². The normalized spacial score (nSPS) is 11.0. The first kappa shape index (κ1) is 16.1. The first-order chi connectivity index (χ1) is 12.6. The maximum Gasteiger partial charge on any atom is 0.159 e. The molecule has 130 valence electrons. The van der Waals surface area contributed by atoms with Crippen molar-refractivity contribution in [1.82, 2.24) is 29.3 Å². The lowest BCUT2D eigenvalue weighted by molar-refractivity contribution is 0.509. The Balaban J connectivity index is 1.85. The Morgan fingerprint density at radius 1 is 1.00 bits per heavy atom. The van der Waals surface area contributed by atoms with Crippen molar-refractivity contribution >= 4 is 0 Å². The molecule has 0 aliphatic rings. The number of aromatic nitrogens is 6. The highest BCUT2D eigenvalue weighted by Crippen LogP contribution is 2.32. The zero-order valence-electron chi connectivity index (χ0n) is 13.8. The zero-order chi connectivity index (χ0) is 18.1. The van der Waals surface area contributed by atoms with Crippen molar-refractivity contribution < 1.29 is 8.78 Å². The molecule has 0 aliphatic heterocycles. The van der Waals surface area contributed by atoms with E-state index in [1.54, 1.807) is 35.8 Å². The summed E-state index contributed by atoms with van der Waals surface area (Å²) in [7, 11) is 1.81. The van der Waals surface area contributed by atoms with Crippen molar-refractivity contribution in [3.63, 3.8) is 0 Å². The van der Waals surface area contributed by atoms with E-state index in [1.165, 1.54) is 6.07 Å². The van der Waals surface area contributed by atoms with Gasteiger partial charge in [0.05, 0.1) is 42.3 Å². The standard InChI is InChI=1S/C18H14F2N6/c1-25-9-13(7-24-25)18-17(12-2-3-15(19)16(20)6-12)23-11-26(18)10-14-8-21-4-5-22-14/h2-9,11H,10H2,1H3. The minimum absolute atomic E-state index is 0.439. The van der Waals surface area contributed by atoms with Crippen LogP contribution in [0.5, 0.6) is 0 Å². The molecule has 0 bridgehead atoms. The number of imidazole rings is 1. The van der Waals surface area contributed by atoms with Gasteiger partial charge in [0.15, 0.2) is 11.6 Å². The SMILES string of the molecule is Cn1cc(-c2c(-c3ccc(F)c(F)c3)ncn2Cc2cnccn2)cn1. The quantitative estimate of drug-likeness (QED) is 0.566. The molecule has 0 N–H and O–H groups in total. The maximum absolute atomic E-state index is 13.7. The number of hydrogen-bond acceptors (Lipinski definition) is 4. The molecule has 3 aromatic heterocycles. The molecule has 0 saturated heterocycles. The Kier molecular flexibility index (Phi) is 4.00. The molecule has 0 saturated carbocycles. The van der Waals surface area contributed by atoms with Gasteiger partial charge < -0.3 is 4.57 Å². The highest BCUT2D eigenvalue weighted by atomic mass is 19.2. The molecule has 0 aliphatic carbocycles. The molecule has 4 aromatic rings. The van der Waals surface area contributed by atoms with Crippen LogP contribution in [0, 0.1) is 11.6 Å². The van der Waals surface area contributed by atoms with E-state index < -0.39 is 11.6 Å². The molecule has 26 heavy (non-hydrogen) atoms. The molecule has 3 heterocycles. The molecule has 0 radical (unpaired) electrons. The van der Waals surface area contributed by atoms with Crippen LogP contribution in [0.4, 0.5) is 8.78 Å². The predicted molar refractivity (Wildman–Crippen MR) is 90.9 cm³/mol. The lowest BCUT2D eigenvalue weighted by Crippen LogP contribution is -2.03. The number of aryl methyl sites for hydroxylation is 1. The van der Waals surface area contributed by atoms with E-state index in [4.69, 9.17) is 0 Å². The first-order valence-corrected chi connectivity index (χ1v) is 7.86. The lowest BCUT2D eigenvalue weighted by Gasteiger charge is -2.09. The Morgan fingerprint density at radius 2 is 1.88 bits per heavy atom. The van der Waals surface area contributed by atoms with Crippen molar-refractivity contribution in [3.05, 3.63) is 72.8 Å². The summed E-state index contributed by atoms with van der Waals surface area (Å²) in [5.74, 6) is -1.81. The highest BCUT2D eigenvalue weighted by Gasteiger charge is 2.18. The number of nitrogens with zero attached hydrogens (tertiary/aromatic N) is 6. The van der Waals surface area contributed by atoms with Crippen LogP contribution in [0.3, 0.4) is 0 Å². The smallest absolute Gasteiger partial charge is 0.159 e. The average molecular weight is 352 g/mol. The summed E-state index contributed by atoms with van der Waals surface area (Å²) in [4.78, 5) is 12.8. The minimum Gasteiger partial charge on any atom is -0.324 e. The molecule has 1 aromatic carbocycles. The number of benzene rings is 1. The molecule has 0 atom stereocenters. The van der Waals surface area contributed by atoms with Crippen LogP contribution in [-0.4, -0.2) is 29.3 Å². The van der Waals surface area contributed by atoms with Gasteiger partial charge in [-0.2, -0.15) is 5.10 Å². The molecule has 0 spiro atoms. The predicted octanol–water partition coefficient (Wildman–Crippen LogP) is 3.07. The molecule has 0 unspecified atom stereocenters. The lowest BCUT2D eigenvalue weighted by atomic mass is 10.1. The van der Waals surface area contributed by atoms with Gasteiger partial charge in [0, 0.05) is 36.8 Å². The summed E-state index contributed by atoms with van der Waals surface area (Å²) in [5, 5.41) is 4.20. The van der Waals surface area contributed by atoms with Gasteiger partial charge in [0.25, 0.3) is 0 Å². The molecule has 0 fully saturated rings. The molecule has 0 amide bonds. The van der Waals surface area contributed by atoms with E-state index >= 15 is 0 Å². The van der Waals surface area contributed by atoms with E-state index in [0.717, 1.165) is 29.1 Å². The Labute approximate surface area is 147 Å². The van der Waals surface area contributed by atoms with Crippen molar-refractivity contribution in [2.24, 2.45) is 7.05 Å². The van der Waals surface area contributed by atoms with Gasteiger partial charge in [0.1, 0.15) is 0 Å². The van der Waals surface area contributed by atoms with E-state index in [1.807, 2.05) is 17.8 Å². The van der Waals surface area contributed by atoms with Crippen LogP contribution >= 0.6 is 0 Å². The molecular weight excluding hydrogens is 338 g/mol. The Morgan fingerprint density at radius 3 is 2.58 bits per heavy atom. The number of rotatable bonds is 4. The highest BCUT2D eigenvalue weighted by molar-refractivity contribution is 5.78. The van der Waals surface area contributed by atoms with Crippen LogP contribution in [0.1, 0.15) is 5.69 Å². The van der Waals surface area contributed by atoms with Crippen LogP contribution in [0.2, 0.25) is 0 Å². The van der Waals surface area contributed by atoms with Crippen molar-refractivity contribution in [1.29, 1.82) is 0 Å². The van der Waals surface area contributed by atoms with E-state index in [-0.39, 0.29) is 0 Å². The maximum atomic E-state index is 13.7. The summed E-state index contributed by atoms with van der Waals surface area (Å²) >= 11 is 0. The van der Waals surface area contributed by atoms with Crippen LogP contribution in [-0.2, 0) is 13.6 Å². The van der Waals surface area contributed by atoms with Gasteiger partial charge in [-0.1, -0.05) is 0 Å². The van der Waals surface area contributed by atoms with Gasteiger partial charge in [-0.05, 0) is 18.2 Å². The van der Waals surface area contributed by atoms with Gasteiger partial charge in [-0.15, -0.1) is 0 Å². The summed E-state index contributed by atoms with van der Waals surface area (Å²) in [5.41, 5.74) is 3.34. The number of halogens is 2. The van der Waals surface area contributed by atoms with E-state index in [9.17, 15) is 8.78 Å². The van der Waals surface area contributed by atoms with Gasteiger partial charge in [-0.3, -0.25) is 14.6 Å². The largest absolute Gasteiger partial charge is 0.324 e. The van der Waals surface area contributed by atoms with E-state index in [0.29, 0.717) is 17.8 Å². The topological polar surface area (TPSA) is 61.4 Å². The second-order valence-electron chi connectivity index (χ2n) is 5.80. The van der Waals surface area contributed by atoms with Crippen molar-refractivity contribution in [2.45, 2.75) is 6.54 Å². The molecular formula is C18H14F2N6. The third-order valence-electron chi connectivity index (χ3n) is 3.96. The fraction of sp³-hybridized carbons (Fsp3) is 0.111. The first-order valence-electron chi connectivity index (χ1n) is 7.86. The summed E-state index contributed by atoms with van der Waals surface area (Å²) in [6.07, 6.45) is 10.1. The van der Waals surface area contributed by atoms with Gasteiger partial charge in [0.2, 0.25) is 0 Å². The molecule has 6 nitrogen and oxygen atoms in total. The Hall–Kier alpha value is -3.42. The minimum atomic E-state index is -0.914. The Bertz CT molecular complexity index is 1050. The summed E-state index contributed by atoms with van der Waals surface area (Å²) in [6, 6.07) is 3.75. The van der Waals surface area contributed by atoms with Crippen molar-refractivity contribution in [3.8, 4) is 22.5 Å².